The molecule has 1 saturated heterocycles. The maximum Gasteiger partial charge on any atom is 0.273 e. The van der Waals surface area contributed by atoms with E-state index in [0.29, 0.717) is 18.7 Å². The van der Waals surface area contributed by atoms with Crippen molar-refractivity contribution in [3.63, 3.8) is 0 Å². The fourth-order valence-corrected chi connectivity index (χ4v) is 3.09. The minimum atomic E-state index is -0.292. The smallest absolute Gasteiger partial charge is 0.273 e. The van der Waals surface area contributed by atoms with Crippen LogP contribution in [0.3, 0.4) is 0 Å². The Morgan fingerprint density at radius 2 is 2.16 bits per heavy atom. The molecule has 0 aliphatic carbocycles. The van der Waals surface area contributed by atoms with Crippen LogP contribution in [0.25, 0.3) is 11.1 Å². The van der Waals surface area contributed by atoms with Gasteiger partial charge in [-0.1, -0.05) is 35.5 Å². The number of hydrogen-bond donors (Lipinski definition) is 1. The molecule has 25 heavy (non-hydrogen) atoms. The van der Waals surface area contributed by atoms with Crippen LogP contribution in [0.1, 0.15) is 22.5 Å². The van der Waals surface area contributed by atoms with Crippen molar-refractivity contribution in [3.8, 4) is 11.1 Å². The quantitative estimate of drug-likeness (QED) is 0.867. The zero-order chi connectivity index (χ0) is 17.8. The molecule has 0 radical (unpaired) electrons. The fourth-order valence-electron chi connectivity index (χ4n) is 3.09. The van der Waals surface area contributed by atoms with E-state index in [0.717, 1.165) is 22.4 Å². The Hall–Kier alpha value is -2.73. The number of nitrogens with zero attached hydrogens (tertiary/aromatic N) is 3. The molecule has 6 nitrogen and oxygen atoms in total. The van der Waals surface area contributed by atoms with Gasteiger partial charge < -0.3 is 14.8 Å². The Balaban J connectivity index is 1.81. The molecule has 1 unspecified atom stereocenters. The molecule has 1 fully saturated rings. The molecule has 1 atom stereocenters. The number of aryl methyl sites for hydroxylation is 1. The summed E-state index contributed by atoms with van der Waals surface area (Å²) >= 11 is 0. The Bertz CT molecular complexity index is 787. The molecule has 130 valence electrons. The molecule has 0 saturated carbocycles. The Morgan fingerprint density at radius 3 is 2.80 bits per heavy atom. The standard InChI is InChI=1S/C19H21N3O3/c1-13-5-3-4-6-17(13)14-7-8-18(20-10-14)19(24)22-11-15(21-25-2)9-16(22)12-23/h3-8,10,16,23H,9,11-12H2,1-2H3. The molecule has 3 rings (SSSR count). The van der Waals surface area contributed by atoms with Crippen molar-refractivity contribution in [2.24, 2.45) is 5.16 Å². The molecule has 1 amide bonds. The van der Waals surface area contributed by atoms with Gasteiger partial charge in [0.25, 0.3) is 5.91 Å². The van der Waals surface area contributed by atoms with E-state index in [1.807, 2.05) is 37.3 Å². The van der Waals surface area contributed by atoms with Gasteiger partial charge in [0, 0.05) is 18.2 Å². The number of likely N-dealkylation sites (tertiary alicyclic amines) is 1. The number of carbonyl (C=O) groups is 1. The first-order valence-corrected chi connectivity index (χ1v) is 8.16. The second-order valence-corrected chi connectivity index (χ2v) is 6.06. The van der Waals surface area contributed by atoms with E-state index >= 15 is 0 Å². The number of amides is 1. The number of carbonyl (C=O) groups excluding carboxylic acids is 1. The highest BCUT2D eigenvalue weighted by Crippen LogP contribution is 2.23. The molecule has 2 aromatic rings. The first kappa shape index (κ1) is 17.1. The van der Waals surface area contributed by atoms with Crippen LogP contribution < -0.4 is 0 Å². The van der Waals surface area contributed by atoms with E-state index in [-0.39, 0.29) is 18.6 Å². The Kier molecular flexibility index (Phi) is 5.09. The summed E-state index contributed by atoms with van der Waals surface area (Å²) in [7, 11) is 1.47. The van der Waals surface area contributed by atoms with Crippen LogP contribution in [0.15, 0.2) is 47.8 Å². The summed E-state index contributed by atoms with van der Waals surface area (Å²) < 4.78 is 0. The van der Waals surface area contributed by atoms with Crippen molar-refractivity contribution in [2.45, 2.75) is 19.4 Å². The molecule has 1 N–H and O–H groups in total. The van der Waals surface area contributed by atoms with E-state index in [4.69, 9.17) is 4.84 Å². The average molecular weight is 339 g/mol. The van der Waals surface area contributed by atoms with Crippen LogP contribution in [0.4, 0.5) is 0 Å². The lowest BCUT2D eigenvalue weighted by molar-refractivity contribution is 0.0674. The summed E-state index contributed by atoms with van der Waals surface area (Å²) in [5, 5.41) is 13.4. The minimum absolute atomic E-state index is 0.115. The largest absolute Gasteiger partial charge is 0.399 e. The average Bonchev–Trinajstić information content (AvgIpc) is 3.05. The number of oxime groups is 1. The van der Waals surface area contributed by atoms with Crippen LogP contribution >= 0.6 is 0 Å². The van der Waals surface area contributed by atoms with Gasteiger partial charge in [-0.15, -0.1) is 0 Å². The zero-order valence-corrected chi connectivity index (χ0v) is 14.3. The van der Waals surface area contributed by atoms with E-state index < -0.39 is 0 Å². The third-order valence-electron chi connectivity index (χ3n) is 4.40. The summed E-state index contributed by atoms with van der Waals surface area (Å²) in [5.41, 5.74) is 4.32. The molecular formula is C19H21N3O3. The lowest BCUT2D eigenvalue weighted by Gasteiger charge is -2.21. The number of aliphatic hydroxyl groups excluding tert-OH is 1. The number of benzene rings is 1. The van der Waals surface area contributed by atoms with Gasteiger partial charge >= 0.3 is 0 Å². The molecule has 1 aromatic heterocycles. The first-order chi connectivity index (χ1) is 12.1. The highest BCUT2D eigenvalue weighted by molar-refractivity contribution is 5.99. The monoisotopic (exact) mass is 339 g/mol. The van der Waals surface area contributed by atoms with E-state index in [1.54, 1.807) is 17.2 Å². The van der Waals surface area contributed by atoms with Crippen LogP contribution in [-0.2, 0) is 4.84 Å². The highest BCUT2D eigenvalue weighted by Gasteiger charge is 2.33. The van der Waals surface area contributed by atoms with Crippen LogP contribution in [0, 0.1) is 6.92 Å². The normalized spacial score (nSPS) is 18.6. The Labute approximate surface area is 146 Å². The molecule has 1 aliphatic heterocycles. The van der Waals surface area contributed by atoms with Crippen molar-refractivity contribution in [1.82, 2.24) is 9.88 Å². The van der Waals surface area contributed by atoms with Gasteiger partial charge in [0.2, 0.25) is 0 Å². The molecule has 2 heterocycles. The number of pyridine rings is 1. The summed E-state index contributed by atoms with van der Waals surface area (Å²) in [6.07, 6.45) is 2.22. The van der Waals surface area contributed by atoms with Crippen LogP contribution in [-0.4, -0.2) is 52.9 Å². The fraction of sp³-hybridized carbons (Fsp3) is 0.316. The van der Waals surface area contributed by atoms with Crippen molar-refractivity contribution in [3.05, 3.63) is 53.9 Å². The third-order valence-corrected chi connectivity index (χ3v) is 4.40. The maximum absolute atomic E-state index is 12.7. The van der Waals surface area contributed by atoms with Gasteiger partial charge in [-0.2, -0.15) is 0 Å². The molecule has 0 bridgehead atoms. The molecule has 1 aromatic carbocycles. The van der Waals surface area contributed by atoms with Gasteiger partial charge in [-0.05, 0) is 24.1 Å². The second-order valence-electron chi connectivity index (χ2n) is 6.06. The van der Waals surface area contributed by atoms with Crippen molar-refractivity contribution in [1.29, 1.82) is 0 Å². The van der Waals surface area contributed by atoms with Crippen LogP contribution in [0.5, 0.6) is 0 Å². The van der Waals surface area contributed by atoms with Crippen molar-refractivity contribution in [2.75, 3.05) is 20.3 Å². The summed E-state index contributed by atoms with van der Waals surface area (Å²) in [6, 6.07) is 11.4. The number of rotatable bonds is 4. The summed E-state index contributed by atoms with van der Waals surface area (Å²) in [6.45, 7) is 2.27. The number of aliphatic hydroxyl groups is 1. The maximum atomic E-state index is 12.7. The number of hydrogen-bond acceptors (Lipinski definition) is 5. The van der Waals surface area contributed by atoms with Gasteiger partial charge in [0.1, 0.15) is 12.8 Å². The van der Waals surface area contributed by atoms with Crippen molar-refractivity contribution >= 4 is 11.6 Å². The lowest BCUT2D eigenvalue weighted by Crippen LogP contribution is -2.38. The number of aromatic nitrogens is 1. The lowest BCUT2D eigenvalue weighted by atomic mass is 10.0. The molecular weight excluding hydrogens is 318 g/mol. The zero-order valence-electron chi connectivity index (χ0n) is 14.3. The minimum Gasteiger partial charge on any atom is -0.399 e. The SMILES string of the molecule is CON=C1CC(CO)N(C(=O)c2ccc(-c3ccccc3C)cn2)C1. The van der Waals surface area contributed by atoms with Gasteiger partial charge in [0.15, 0.2) is 0 Å². The molecule has 0 spiro atoms. The predicted molar refractivity (Wildman–Crippen MR) is 95.4 cm³/mol. The first-order valence-electron chi connectivity index (χ1n) is 8.16. The summed E-state index contributed by atoms with van der Waals surface area (Å²) in [5.74, 6) is -0.211. The highest BCUT2D eigenvalue weighted by atomic mass is 16.6. The van der Waals surface area contributed by atoms with Crippen molar-refractivity contribution < 1.29 is 14.7 Å². The van der Waals surface area contributed by atoms with Gasteiger partial charge in [-0.25, -0.2) is 0 Å². The van der Waals surface area contributed by atoms with Gasteiger partial charge in [0.05, 0.1) is 24.9 Å². The van der Waals surface area contributed by atoms with E-state index in [1.165, 1.54) is 7.11 Å². The van der Waals surface area contributed by atoms with Gasteiger partial charge in [-0.3, -0.25) is 9.78 Å². The predicted octanol–water partition coefficient (Wildman–Crippen LogP) is 2.27. The molecule has 6 heteroatoms. The van der Waals surface area contributed by atoms with E-state index in [2.05, 4.69) is 10.1 Å². The second kappa shape index (κ2) is 7.44. The van der Waals surface area contributed by atoms with Crippen LogP contribution in [0.2, 0.25) is 0 Å². The van der Waals surface area contributed by atoms with E-state index in [9.17, 15) is 9.90 Å². The topological polar surface area (TPSA) is 75.0 Å². The Morgan fingerprint density at radius 1 is 1.36 bits per heavy atom. The summed E-state index contributed by atoms with van der Waals surface area (Å²) in [4.78, 5) is 23.4. The third kappa shape index (κ3) is 3.53. The molecule has 1 aliphatic rings.